The molecule has 0 aliphatic heterocycles. The van der Waals surface area contributed by atoms with Gasteiger partial charge in [0.15, 0.2) is 0 Å². The fourth-order valence-corrected chi connectivity index (χ4v) is 1.85. The average Bonchev–Trinajstić information content (AvgIpc) is 2.91. The zero-order valence-corrected chi connectivity index (χ0v) is 10.4. The molecule has 5 heteroatoms. The van der Waals surface area contributed by atoms with Gasteiger partial charge >= 0.3 is 0 Å². The molecule has 2 rings (SSSR count). The minimum absolute atomic E-state index is 0.420. The van der Waals surface area contributed by atoms with Gasteiger partial charge in [0.05, 0.1) is 6.54 Å². The molecule has 1 atom stereocenters. The molecule has 0 radical (unpaired) electrons. The van der Waals surface area contributed by atoms with Gasteiger partial charge in [0.1, 0.15) is 0 Å². The van der Waals surface area contributed by atoms with Gasteiger partial charge in [-0.3, -0.25) is 9.36 Å². The Kier molecular flexibility index (Phi) is 3.93. The van der Waals surface area contributed by atoms with Gasteiger partial charge in [-0.05, 0) is 19.1 Å². The van der Waals surface area contributed by atoms with E-state index in [0.717, 1.165) is 19.5 Å². The Balaban J connectivity index is 1.70. The fourth-order valence-electron chi connectivity index (χ4n) is 1.85. The molecule has 0 aliphatic carbocycles. The number of aromatic nitrogens is 4. The molecule has 2 aromatic rings. The summed E-state index contributed by atoms with van der Waals surface area (Å²) < 4.78 is 3.86. The highest BCUT2D eigenvalue weighted by molar-refractivity contribution is 5.00. The second-order valence-corrected chi connectivity index (χ2v) is 4.28. The summed E-state index contributed by atoms with van der Waals surface area (Å²) in [7, 11) is 1.97. The van der Waals surface area contributed by atoms with E-state index in [1.165, 1.54) is 5.69 Å². The Morgan fingerprint density at radius 3 is 2.88 bits per heavy atom. The number of nitrogens with one attached hydrogen (secondary N) is 1. The van der Waals surface area contributed by atoms with Crippen LogP contribution in [0.1, 0.15) is 12.6 Å². The van der Waals surface area contributed by atoms with Crippen molar-refractivity contribution in [1.82, 2.24) is 24.9 Å². The van der Waals surface area contributed by atoms with E-state index in [1.807, 2.05) is 41.1 Å². The SMILES string of the molecule is CC(Cn1cccn1)NCCc1ccnn1C. The van der Waals surface area contributed by atoms with E-state index in [1.54, 1.807) is 0 Å². The zero-order valence-electron chi connectivity index (χ0n) is 10.4. The molecule has 17 heavy (non-hydrogen) atoms. The number of aryl methyl sites for hydroxylation is 1. The van der Waals surface area contributed by atoms with Crippen molar-refractivity contribution in [2.45, 2.75) is 25.9 Å². The summed E-state index contributed by atoms with van der Waals surface area (Å²) in [6, 6.07) is 4.42. The summed E-state index contributed by atoms with van der Waals surface area (Å²) in [6.45, 7) is 4.03. The van der Waals surface area contributed by atoms with Crippen molar-refractivity contribution in [2.75, 3.05) is 6.54 Å². The van der Waals surface area contributed by atoms with Gasteiger partial charge in [0, 0.05) is 50.3 Å². The highest BCUT2D eigenvalue weighted by atomic mass is 15.3. The number of rotatable bonds is 6. The third-order valence-corrected chi connectivity index (χ3v) is 2.82. The molecule has 0 aromatic carbocycles. The predicted octanol–water partition coefficient (Wildman–Crippen LogP) is 0.837. The standard InChI is InChI=1S/C12H19N5/c1-11(10-17-9-3-6-15-17)13-7-4-12-5-8-14-16(12)2/h3,5-6,8-9,11,13H,4,7,10H2,1-2H3. The Morgan fingerprint density at radius 2 is 2.24 bits per heavy atom. The molecule has 92 valence electrons. The van der Waals surface area contributed by atoms with E-state index in [9.17, 15) is 0 Å². The summed E-state index contributed by atoms with van der Waals surface area (Å²) in [4.78, 5) is 0. The second-order valence-electron chi connectivity index (χ2n) is 4.28. The van der Waals surface area contributed by atoms with Crippen molar-refractivity contribution in [3.8, 4) is 0 Å². The molecule has 1 N–H and O–H groups in total. The van der Waals surface area contributed by atoms with Crippen molar-refractivity contribution in [2.24, 2.45) is 7.05 Å². The molecular weight excluding hydrogens is 214 g/mol. The topological polar surface area (TPSA) is 47.7 Å². The van der Waals surface area contributed by atoms with Crippen LogP contribution >= 0.6 is 0 Å². The predicted molar refractivity (Wildman–Crippen MR) is 66.6 cm³/mol. The third-order valence-electron chi connectivity index (χ3n) is 2.82. The van der Waals surface area contributed by atoms with Crippen LogP contribution in [0.5, 0.6) is 0 Å². The summed E-state index contributed by atoms with van der Waals surface area (Å²) in [6.07, 6.45) is 6.63. The molecule has 0 saturated carbocycles. The summed E-state index contributed by atoms with van der Waals surface area (Å²) in [5.41, 5.74) is 1.25. The van der Waals surface area contributed by atoms with E-state index in [2.05, 4.69) is 28.5 Å². The first-order chi connectivity index (χ1) is 8.25. The van der Waals surface area contributed by atoms with Crippen molar-refractivity contribution in [1.29, 1.82) is 0 Å². The van der Waals surface area contributed by atoms with E-state index in [4.69, 9.17) is 0 Å². The van der Waals surface area contributed by atoms with Crippen LogP contribution in [-0.2, 0) is 20.0 Å². The summed E-state index contributed by atoms with van der Waals surface area (Å²) >= 11 is 0. The van der Waals surface area contributed by atoms with Crippen LogP contribution in [0.2, 0.25) is 0 Å². The number of nitrogens with zero attached hydrogens (tertiary/aromatic N) is 4. The fraction of sp³-hybridized carbons (Fsp3) is 0.500. The van der Waals surface area contributed by atoms with Crippen molar-refractivity contribution in [3.63, 3.8) is 0 Å². The Morgan fingerprint density at radius 1 is 1.35 bits per heavy atom. The van der Waals surface area contributed by atoms with Crippen LogP contribution in [0.25, 0.3) is 0 Å². The van der Waals surface area contributed by atoms with E-state index >= 15 is 0 Å². The van der Waals surface area contributed by atoms with Crippen molar-refractivity contribution >= 4 is 0 Å². The lowest BCUT2D eigenvalue weighted by Crippen LogP contribution is -2.32. The molecule has 0 saturated heterocycles. The first-order valence-corrected chi connectivity index (χ1v) is 5.93. The maximum atomic E-state index is 4.19. The normalized spacial score (nSPS) is 12.8. The summed E-state index contributed by atoms with van der Waals surface area (Å²) in [5, 5.41) is 11.8. The second kappa shape index (κ2) is 5.63. The molecule has 0 spiro atoms. The minimum Gasteiger partial charge on any atom is -0.312 e. The van der Waals surface area contributed by atoms with Crippen LogP contribution in [-0.4, -0.2) is 32.1 Å². The Bertz CT molecular complexity index is 431. The van der Waals surface area contributed by atoms with E-state index < -0.39 is 0 Å². The van der Waals surface area contributed by atoms with Crippen LogP contribution in [0, 0.1) is 0 Å². The van der Waals surface area contributed by atoms with E-state index in [0.29, 0.717) is 6.04 Å². The van der Waals surface area contributed by atoms with E-state index in [-0.39, 0.29) is 0 Å². The van der Waals surface area contributed by atoms with Gasteiger partial charge < -0.3 is 5.32 Å². The molecule has 0 aliphatic rings. The van der Waals surface area contributed by atoms with Gasteiger partial charge in [0.25, 0.3) is 0 Å². The molecule has 2 heterocycles. The molecule has 0 fully saturated rings. The number of hydrogen-bond acceptors (Lipinski definition) is 3. The van der Waals surface area contributed by atoms with Gasteiger partial charge in [0.2, 0.25) is 0 Å². The van der Waals surface area contributed by atoms with Gasteiger partial charge in [-0.2, -0.15) is 10.2 Å². The molecule has 1 unspecified atom stereocenters. The molecular formula is C12H19N5. The first kappa shape index (κ1) is 11.9. The zero-order chi connectivity index (χ0) is 12.1. The smallest absolute Gasteiger partial charge is 0.0559 e. The lowest BCUT2D eigenvalue weighted by atomic mass is 10.2. The average molecular weight is 233 g/mol. The van der Waals surface area contributed by atoms with Gasteiger partial charge in [-0.25, -0.2) is 0 Å². The molecule has 5 nitrogen and oxygen atoms in total. The lowest BCUT2D eigenvalue weighted by molar-refractivity contribution is 0.451. The minimum atomic E-state index is 0.420. The van der Waals surface area contributed by atoms with Crippen molar-refractivity contribution < 1.29 is 0 Å². The van der Waals surface area contributed by atoms with Crippen molar-refractivity contribution in [3.05, 3.63) is 36.4 Å². The highest BCUT2D eigenvalue weighted by Gasteiger charge is 2.03. The largest absolute Gasteiger partial charge is 0.312 e. The van der Waals surface area contributed by atoms with Gasteiger partial charge in [-0.15, -0.1) is 0 Å². The Labute approximate surface area is 101 Å². The Hall–Kier alpha value is -1.62. The third kappa shape index (κ3) is 3.42. The van der Waals surface area contributed by atoms with Crippen LogP contribution in [0.15, 0.2) is 30.7 Å². The molecule has 0 amide bonds. The quantitative estimate of drug-likeness (QED) is 0.804. The monoisotopic (exact) mass is 233 g/mol. The first-order valence-electron chi connectivity index (χ1n) is 5.93. The maximum Gasteiger partial charge on any atom is 0.0559 e. The lowest BCUT2D eigenvalue weighted by Gasteiger charge is -2.13. The van der Waals surface area contributed by atoms with Gasteiger partial charge in [-0.1, -0.05) is 0 Å². The van der Waals surface area contributed by atoms with Crippen LogP contribution in [0.4, 0.5) is 0 Å². The maximum absolute atomic E-state index is 4.19. The van der Waals surface area contributed by atoms with Crippen LogP contribution in [0.3, 0.4) is 0 Å². The molecule has 2 aromatic heterocycles. The summed E-state index contributed by atoms with van der Waals surface area (Å²) in [5.74, 6) is 0. The number of hydrogen-bond donors (Lipinski definition) is 1. The van der Waals surface area contributed by atoms with Crippen LogP contribution < -0.4 is 5.32 Å². The molecule has 0 bridgehead atoms. The highest BCUT2D eigenvalue weighted by Crippen LogP contribution is 1.97.